The fourth-order valence-corrected chi connectivity index (χ4v) is 3.19. The number of ether oxygens (including phenoxy) is 2. The molecule has 0 aliphatic rings. The molecular weight excluding hydrogens is 444 g/mol. The molecule has 9 heteroatoms. The lowest BCUT2D eigenvalue weighted by Gasteiger charge is -2.25. The molecule has 0 aliphatic carbocycles. The van der Waals surface area contributed by atoms with Gasteiger partial charge >= 0.3 is 12.1 Å². The van der Waals surface area contributed by atoms with Gasteiger partial charge < -0.3 is 19.7 Å². The molecule has 3 aromatic rings. The minimum atomic E-state index is -0.742. The monoisotopic (exact) mass is 470 g/mol. The van der Waals surface area contributed by atoms with E-state index in [0.29, 0.717) is 23.5 Å². The van der Waals surface area contributed by atoms with Gasteiger partial charge in [0.15, 0.2) is 0 Å². The van der Waals surface area contributed by atoms with Crippen LogP contribution in [0.5, 0.6) is 5.75 Å². The van der Waals surface area contributed by atoms with Crippen molar-refractivity contribution >= 4 is 40.4 Å². The number of carbonyl (C=O) groups is 2. The molecule has 0 unspecified atom stereocenters. The molecule has 0 spiro atoms. The van der Waals surface area contributed by atoms with Crippen LogP contribution in [0.3, 0.4) is 0 Å². The number of nitrogens with one attached hydrogen (secondary N) is 1. The van der Waals surface area contributed by atoms with Crippen LogP contribution in [0.15, 0.2) is 48.5 Å². The van der Waals surface area contributed by atoms with E-state index in [0.717, 1.165) is 10.9 Å². The molecule has 8 nitrogen and oxygen atoms in total. The summed E-state index contributed by atoms with van der Waals surface area (Å²) in [6.45, 7) is 5.44. The Morgan fingerprint density at radius 2 is 1.73 bits per heavy atom. The highest BCUT2D eigenvalue weighted by Crippen LogP contribution is 2.24. The number of anilines is 1. The highest BCUT2D eigenvalue weighted by molar-refractivity contribution is 6.28. The zero-order valence-corrected chi connectivity index (χ0v) is 20.0. The van der Waals surface area contributed by atoms with Crippen molar-refractivity contribution in [1.29, 1.82) is 0 Å². The summed E-state index contributed by atoms with van der Waals surface area (Å²) < 4.78 is 10.9. The predicted octanol–water partition coefficient (Wildman–Crippen LogP) is 4.71. The van der Waals surface area contributed by atoms with Gasteiger partial charge in [0, 0.05) is 25.9 Å². The van der Waals surface area contributed by atoms with Gasteiger partial charge in [0.1, 0.15) is 23.2 Å². The second-order valence-electron chi connectivity index (χ2n) is 8.70. The standard InChI is InChI=1S/C24H27ClN4O4/c1-24(2,3)33-21(30)19(14-15-10-12-16(13-11-15)32-23(31)29(4)5)26-20-17-8-6-7-9-18(17)27-22(25)28-20/h6-13,19H,14H2,1-5H3,(H,26,27,28)/t19-/m0/s1. The van der Waals surface area contributed by atoms with E-state index in [1.165, 1.54) is 4.90 Å². The average molecular weight is 471 g/mol. The Labute approximate surface area is 197 Å². The number of para-hydroxylation sites is 1. The molecule has 33 heavy (non-hydrogen) atoms. The van der Waals surface area contributed by atoms with E-state index < -0.39 is 23.7 Å². The fraction of sp³-hybridized carbons (Fsp3) is 0.333. The molecule has 0 fully saturated rings. The quantitative estimate of drug-likeness (QED) is 0.412. The molecule has 1 aromatic heterocycles. The molecule has 2 aromatic carbocycles. The first-order chi connectivity index (χ1) is 15.5. The van der Waals surface area contributed by atoms with Gasteiger partial charge in [0.05, 0.1) is 5.52 Å². The Morgan fingerprint density at radius 1 is 1.06 bits per heavy atom. The zero-order valence-electron chi connectivity index (χ0n) is 19.3. The van der Waals surface area contributed by atoms with E-state index in [1.54, 1.807) is 38.4 Å². The number of esters is 1. The second-order valence-corrected chi connectivity index (χ2v) is 9.04. The van der Waals surface area contributed by atoms with Crippen LogP contribution in [0.1, 0.15) is 26.3 Å². The van der Waals surface area contributed by atoms with Crippen molar-refractivity contribution in [1.82, 2.24) is 14.9 Å². The van der Waals surface area contributed by atoms with E-state index in [4.69, 9.17) is 21.1 Å². The molecule has 174 valence electrons. The minimum Gasteiger partial charge on any atom is -0.458 e. The summed E-state index contributed by atoms with van der Waals surface area (Å²) in [5, 5.41) is 4.01. The van der Waals surface area contributed by atoms with Crippen LogP contribution < -0.4 is 10.1 Å². The van der Waals surface area contributed by atoms with Gasteiger partial charge in [-0.25, -0.2) is 19.6 Å². The van der Waals surface area contributed by atoms with Crippen molar-refractivity contribution in [2.45, 2.75) is 38.8 Å². The largest absolute Gasteiger partial charge is 0.458 e. The Hall–Kier alpha value is -3.39. The Bertz CT molecular complexity index is 1140. The highest BCUT2D eigenvalue weighted by Gasteiger charge is 2.27. The lowest BCUT2D eigenvalue weighted by Crippen LogP contribution is -2.38. The lowest BCUT2D eigenvalue weighted by atomic mass is 10.0. The number of hydrogen-bond acceptors (Lipinski definition) is 7. The van der Waals surface area contributed by atoms with E-state index in [2.05, 4.69) is 15.3 Å². The van der Waals surface area contributed by atoms with Crippen molar-refractivity contribution in [2.24, 2.45) is 0 Å². The summed E-state index contributed by atoms with van der Waals surface area (Å²) >= 11 is 6.11. The SMILES string of the molecule is CN(C)C(=O)Oc1ccc(C[C@H](Nc2nc(Cl)nc3ccccc23)C(=O)OC(C)(C)C)cc1. The van der Waals surface area contributed by atoms with Crippen LogP contribution in [0, 0.1) is 0 Å². The zero-order chi connectivity index (χ0) is 24.2. The Balaban J connectivity index is 1.87. The van der Waals surface area contributed by atoms with Crippen LogP contribution in [0.4, 0.5) is 10.6 Å². The van der Waals surface area contributed by atoms with E-state index >= 15 is 0 Å². The van der Waals surface area contributed by atoms with Gasteiger partial charge in [-0.3, -0.25) is 0 Å². The molecule has 1 atom stereocenters. The van der Waals surface area contributed by atoms with Crippen LogP contribution in [0.25, 0.3) is 10.9 Å². The third kappa shape index (κ3) is 6.79. The molecule has 1 N–H and O–H groups in total. The summed E-state index contributed by atoms with van der Waals surface area (Å²) in [6.07, 6.45) is -0.157. The summed E-state index contributed by atoms with van der Waals surface area (Å²) in [7, 11) is 3.22. The number of hydrogen-bond donors (Lipinski definition) is 1. The fourth-order valence-electron chi connectivity index (χ4n) is 3.01. The van der Waals surface area contributed by atoms with E-state index in [1.807, 2.05) is 45.0 Å². The number of nitrogens with zero attached hydrogens (tertiary/aromatic N) is 3. The first kappa shape index (κ1) is 24.3. The smallest absolute Gasteiger partial charge is 0.414 e. The van der Waals surface area contributed by atoms with Crippen LogP contribution in [0.2, 0.25) is 5.28 Å². The van der Waals surface area contributed by atoms with E-state index in [9.17, 15) is 9.59 Å². The maximum absolute atomic E-state index is 13.0. The van der Waals surface area contributed by atoms with E-state index in [-0.39, 0.29) is 5.28 Å². The topological polar surface area (TPSA) is 93.6 Å². The summed E-state index contributed by atoms with van der Waals surface area (Å²) in [5.41, 5.74) is 0.842. The molecule has 3 rings (SSSR count). The molecule has 0 saturated carbocycles. The average Bonchev–Trinajstić information content (AvgIpc) is 2.73. The number of amides is 1. The Morgan fingerprint density at radius 3 is 2.36 bits per heavy atom. The number of fused-ring (bicyclic) bond motifs is 1. The van der Waals surface area contributed by atoms with Crippen molar-refractivity contribution in [3.63, 3.8) is 0 Å². The molecule has 0 radical (unpaired) electrons. The molecule has 1 amide bonds. The molecule has 1 heterocycles. The van der Waals surface area contributed by atoms with Gasteiger partial charge in [0.25, 0.3) is 0 Å². The molecular formula is C24H27ClN4O4. The first-order valence-corrected chi connectivity index (χ1v) is 10.8. The van der Waals surface area contributed by atoms with Crippen LogP contribution >= 0.6 is 11.6 Å². The normalized spacial score (nSPS) is 12.2. The first-order valence-electron chi connectivity index (χ1n) is 10.4. The maximum Gasteiger partial charge on any atom is 0.414 e. The van der Waals surface area contributed by atoms with Gasteiger partial charge in [-0.2, -0.15) is 0 Å². The number of aromatic nitrogens is 2. The number of benzene rings is 2. The summed E-state index contributed by atoms with van der Waals surface area (Å²) in [5.74, 6) is 0.426. The van der Waals surface area contributed by atoms with Crippen molar-refractivity contribution in [3.05, 3.63) is 59.4 Å². The third-order valence-corrected chi connectivity index (χ3v) is 4.68. The number of rotatable bonds is 6. The lowest BCUT2D eigenvalue weighted by molar-refractivity contribution is -0.155. The van der Waals surface area contributed by atoms with Crippen molar-refractivity contribution in [2.75, 3.05) is 19.4 Å². The van der Waals surface area contributed by atoms with Gasteiger partial charge in [-0.15, -0.1) is 0 Å². The molecule has 0 saturated heterocycles. The van der Waals surface area contributed by atoms with Crippen LogP contribution in [-0.4, -0.2) is 52.7 Å². The predicted molar refractivity (Wildman–Crippen MR) is 128 cm³/mol. The summed E-state index contributed by atoms with van der Waals surface area (Å²) in [6, 6.07) is 13.6. The Kier molecular flexibility index (Phi) is 7.38. The van der Waals surface area contributed by atoms with Gasteiger partial charge in [-0.1, -0.05) is 24.3 Å². The van der Waals surface area contributed by atoms with Gasteiger partial charge in [0.2, 0.25) is 5.28 Å². The number of carbonyl (C=O) groups excluding carboxylic acids is 2. The highest BCUT2D eigenvalue weighted by atomic mass is 35.5. The summed E-state index contributed by atoms with van der Waals surface area (Å²) in [4.78, 5) is 34.7. The third-order valence-electron chi connectivity index (χ3n) is 4.51. The number of halogens is 1. The van der Waals surface area contributed by atoms with Crippen molar-refractivity contribution in [3.8, 4) is 5.75 Å². The molecule has 0 bridgehead atoms. The molecule has 0 aliphatic heterocycles. The second kappa shape index (κ2) is 10.0. The van der Waals surface area contributed by atoms with Crippen LogP contribution in [-0.2, 0) is 16.0 Å². The van der Waals surface area contributed by atoms with Gasteiger partial charge in [-0.05, 0) is 62.2 Å². The maximum atomic E-state index is 13.0. The van der Waals surface area contributed by atoms with Crippen molar-refractivity contribution < 1.29 is 19.1 Å². The minimum absolute atomic E-state index is 0.0752.